The molecule has 6 heteroatoms. The van der Waals surface area contributed by atoms with E-state index in [2.05, 4.69) is 15.5 Å². The van der Waals surface area contributed by atoms with Crippen LogP contribution in [-0.2, 0) is 9.53 Å². The number of nitrogens with zero attached hydrogens (tertiary/aromatic N) is 1. The molecular weight excluding hydrogens is 294 g/mol. The fraction of sp³-hybridized carbons (Fsp3) is 0.588. The minimum absolute atomic E-state index is 0.0670. The Morgan fingerprint density at radius 1 is 1.30 bits per heavy atom. The lowest BCUT2D eigenvalue weighted by molar-refractivity contribution is -0.120. The molecule has 1 aromatic rings. The first-order valence-electron chi connectivity index (χ1n) is 8.14. The molecule has 2 N–H and O–H groups in total. The van der Waals surface area contributed by atoms with E-state index < -0.39 is 0 Å². The van der Waals surface area contributed by atoms with Gasteiger partial charge in [0.05, 0.1) is 26.0 Å². The van der Waals surface area contributed by atoms with E-state index in [1.54, 1.807) is 7.11 Å². The van der Waals surface area contributed by atoms with E-state index in [-0.39, 0.29) is 5.91 Å². The number of anilines is 1. The highest BCUT2D eigenvalue weighted by molar-refractivity contribution is 5.76. The topological polar surface area (TPSA) is 62.8 Å². The predicted octanol–water partition coefficient (Wildman–Crippen LogP) is 1.25. The van der Waals surface area contributed by atoms with Crippen LogP contribution in [0.15, 0.2) is 18.2 Å². The fourth-order valence-corrected chi connectivity index (χ4v) is 2.54. The van der Waals surface area contributed by atoms with Gasteiger partial charge in [-0.05, 0) is 24.6 Å². The van der Waals surface area contributed by atoms with Crippen molar-refractivity contribution in [3.05, 3.63) is 23.8 Å². The van der Waals surface area contributed by atoms with Gasteiger partial charge in [-0.25, -0.2) is 0 Å². The Hall–Kier alpha value is -1.79. The molecule has 128 valence electrons. The molecule has 0 radical (unpaired) electrons. The third-order valence-corrected chi connectivity index (χ3v) is 3.88. The smallest absolute Gasteiger partial charge is 0.221 e. The van der Waals surface area contributed by atoms with Crippen LogP contribution >= 0.6 is 0 Å². The zero-order chi connectivity index (χ0) is 16.5. The minimum Gasteiger partial charge on any atom is -0.495 e. The van der Waals surface area contributed by atoms with Crippen molar-refractivity contribution in [2.45, 2.75) is 13.3 Å². The van der Waals surface area contributed by atoms with Crippen LogP contribution in [0.25, 0.3) is 0 Å². The van der Waals surface area contributed by atoms with Crippen molar-refractivity contribution in [3.63, 3.8) is 0 Å². The Bertz CT molecular complexity index is 502. The van der Waals surface area contributed by atoms with Crippen molar-refractivity contribution in [2.75, 3.05) is 58.4 Å². The number of rotatable bonds is 8. The molecule has 0 spiro atoms. The van der Waals surface area contributed by atoms with E-state index in [0.717, 1.165) is 49.8 Å². The minimum atomic E-state index is 0.0670. The summed E-state index contributed by atoms with van der Waals surface area (Å²) in [5.74, 6) is 0.862. The summed E-state index contributed by atoms with van der Waals surface area (Å²) in [6.07, 6.45) is 0.445. The molecule has 1 fully saturated rings. The number of carbonyl (C=O) groups excluding carboxylic acids is 1. The van der Waals surface area contributed by atoms with Crippen molar-refractivity contribution < 1.29 is 14.3 Å². The van der Waals surface area contributed by atoms with Crippen LogP contribution in [0.5, 0.6) is 5.75 Å². The second kappa shape index (κ2) is 9.37. The first-order valence-corrected chi connectivity index (χ1v) is 8.14. The Morgan fingerprint density at radius 3 is 2.83 bits per heavy atom. The van der Waals surface area contributed by atoms with Crippen molar-refractivity contribution in [3.8, 4) is 5.75 Å². The van der Waals surface area contributed by atoms with E-state index in [1.165, 1.54) is 0 Å². The number of amides is 1. The third kappa shape index (κ3) is 6.08. The van der Waals surface area contributed by atoms with E-state index in [0.29, 0.717) is 19.5 Å². The van der Waals surface area contributed by atoms with Crippen LogP contribution in [0.1, 0.15) is 12.0 Å². The summed E-state index contributed by atoms with van der Waals surface area (Å²) in [4.78, 5) is 14.2. The van der Waals surface area contributed by atoms with E-state index in [1.807, 2.05) is 25.1 Å². The molecule has 2 rings (SSSR count). The Morgan fingerprint density at radius 2 is 2.09 bits per heavy atom. The van der Waals surface area contributed by atoms with Gasteiger partial charge >= 0.3 is 0 Å². The van der Waals surface area contributed by atoms with Gasteiger partial charge in [-0.3, -0.25) is 9.69 Å². The van der Waals surface area contributed by atoms with Crippen LogP contribution in [0.3, 0.4) is 0 Å². The quantitative estimate of drug-likeness (QED) is 0.755. The largest absolute Gasteiger partial charge is 0.495 e. The van der Waals surface area contributed by atoms with E-state index >= 15 is 0 Å². The molecule has 1 aliphatic heterocycles. The zero-order valence-electron chi connectivity index (χ0n) is 14.1. The summed E-state index contributed by atoms with van der Waals surface area (Å²) in [7, 11) is 1.65. The van der Waals surface area contributed by atoms with Crippen LogP contribution in [-0.4, -0.2) is 63.9 Å². The van der Waals surface area contributed by atoms with Gasteiger partial charge in [-0.2, -0.15) is 0 Å². The number of hydrogen-bond acceptors (Lipinski definition) is 5. The fourth-order valence-electron chi connectivity index (χ4n) is 2.54. The van der Waals surface area contributed by atoms with Crippen molar-refractivity contribution in [2.24, 2.45) is 0 Å². The molecule has 1 aliphatic rings. The molecule has 6 nitrogen and oxygen atoms in total. The zero-order valence-corrected chi connectivity index (χ0v) is 14.1. The summed E-state index contributed by atoms with van der Waals surface area (Å²) < 4.78 is 10.6. The molecule has 0 unspecified atom stereocenters. The highest BCUT2D eigenvalue weighted by Gasteiger charge is 2.10. The lowest BCUT2D eigenvalue weighted by Gasteiger charge is -2.26. The molecule has 0 atom stereocenters. The summed E-state index contributed by atoms with van der Waals surface area (Å²) in [5.41, 5.74) is 2.08. The summed E-state index contributed by atoms with van der Waals surface area (Å²) in [6.45, 7) is 7.66. The molecule has 1 amide bonds. The Balaban J connectivity index is 1.63. The van der Waals surface area contributed by atoms with Gasteiger partial charge in [0.15, 0.2) is 0 Å². The van der Waals surface area contributed by atoms with Gasteiger partial charge in [-0.15, -0.1) is 0 Å². The highest BCUT2D eigenvalue weighted by atomic mass is 16.5. The molecule has 0 saturated carbocycles. The lowest BCUT2D eigenvalue weighted by atomic mass is 10.2. The van der Waals surface area contributed by atoms with Gasteiger partial charge in [0, 0.05) is 39.1 Å². The molecule has 0 bridgehead atoms. The van der Waals surface area contributed by atoms with Crippen LogP contribution in [0.4, 0.5) is 5.69 Å². The average molecular weight is 321 g/mol. The summed E-state index contributed by atoms with van der Waals surface area (Å²) in [6, 6.07) is 5.96. The number of ether oxygens (including phenoxy) is 2. The number of carbonyl (C=O) groups is 1. The highest BCUT2D eigenvalue weighted by Crippen LogP contribution is 2.24. The molecular formula is C17H27N3O3. The van der Waals surface area contributed by atoms with Gasteiger partial charge in [0.1, 0.15) is 5.75 Å². The monoisotopic (exact) mass is 321 g/mol. The van der Waals surface area contributed by atoms with Gasteiger partial charge in [0.2, 0.25) is 5.91 Å². The second-order valence-corrected chi connectivity index (χ2v) is 5.68. The summed E-state index contributed by atoms with van der Waals surface area (Å²) in [5, 5.41) is 6.23. The molecule has 23 heavy (non-hydrogen) atoms. The number of nitrogens with one attached hydrogen (secondary N) is 2. The lowest BCUT2D eigenvalue weighted by Crippen LogP contribution is -2.41. The number of morpholine rings is 1. The number of hydrogen-bond donors (Lipinski definition) is 2. The molecule has 1 aromatic carbocycles. The van der Waals surface area contributed by atoms with Crippen LogP contribution in [0, 0.1) is 6.92 Å². The van der Waals surface area contributed by atoms with E-state index in [4.69, 9.17) is 9.47 Å². The van der Waals surface area contributed by atoms with Crippen molar-refractivity contribution >= 4 is 11.6 Å². The average Bonchev–Trinajstić information content (AvgIpc) is 2.56. The normalized spacial score (nSPS) is 15.2. The van der Waals surface area contributed by atoms with Gasteiger partial charge in [-0.1, -0.05) is 6.07 Å². The standard InChI is InChI=1S/C17H27N3O3/c1-14-3-4-16(22-2)15(13-14)18-6-5-17(21)19-7-8-20-9-11-23-12-10-20/h3-4,13,18H,5-12H2,1-2H3,(H,19,21). The first kappa shape index (κ1) is 17.6. The van der Waals surface area contributed by atoms with Crippen molar-refractivity contribution in [1.82, 2.24) is 10.2 Å². The molecule has 1 saturated heterocycles. The maximum absolute atomic E-state index is 11.9. The van der Waals surface area contributed by atoms with Gasteiger partial charge in [0.25, 0.3) is 0 Å². The number of aryl methyl sites for hydroxylation is 1. The summed E-state index contributed by atoms with van der Waals surface area (Å²) >= 11 is 0. The number of methoxy groups -OCH3 is 1. The Kier molecular flexibility index (Phi) is 7.16. The first-order chi connectivity index (χ1) is 11.2. The molecule has 0 aromatic heterocycles. The predicted molar refractivity (Wildman–Crippen MR) is 91.1 cm³/mol. The maximum atomic E-state index is 11.9. The molecule has 1 heterocycles. The third-order valence-electron chi connectivity index (χ3n) is 3.88. The van der Waals surface area contributed by atoms with Crippen LogP contribution < -0.4 is 15.4 Å². The maximum Gasteiger partial charge on any atom is 0.221 e. The Labute approximate surface area is 138 Å². The molecule has 0 aliphatic carbocycles. The van der Waals surface area contributed by atoms with Crippen LogP contribution in [0.2, 0.25) is 0 Å². The SMILES string of the molecule is COc1ccc(C)cc1NCCC(=O)NCCN1CCOCC1. The van der Waals surface area contributed by atoms with Gasteiger partial charge < -0.3 is 20.1 Å². The van der Waals surface area contributed by atoms with E-state index in [9.17, 15) is 4.79 Å². The second-order valence-electron chi connectivity index (χ2n) is 5.68. The number of benzene rings is 1. The van der Waals surface area contributed by atoms with Crippen molar-refractivity contribution in [1.29, 1.82) is 0 Å².